The lowest BCUT2D eigenvalue weighted by molar-refractivity contribution is -0.0286. The number of hydrogen-bond acceptors (Lipinski definition) is 3. The highest BCUT2D eigenvalue weighted by Gasteiger charge is 2.24. The molecule has 3 nitrogen and oxygen atoms in total. The van der Waals surface area contributed by atoms with Crippen molar-refractivity contribution in [2.24, 2.45) is 11.8 Å². The van der Waals surface area contributed by atoms with Gasteiger partial charge in [-0.3, -0.25) is 0 Å². The fourth-order valence-corrected chi connectivity index (χ4v) is 2.03. The second kappa shape index (κ2) is 9.88. The Bertz CT molecular complexity index is 261. The zero-order chi connectivity index (χ0) is 14.8. The van der Waals surface area contributed by atoms with Gasteiger partial charge in [0.25, 0.3) is 0 Å². The molecule has 0 fully saturated rings. The van der Waals surface area contributed by atoms with Crippen molar-refractivity contribution in [1.82, 2.24) is 0 Å². The van der Waals surface area contributed by atoms with Crippen molar-refractivity contribution in [3.63, 3.8) is 0 Å². The molecule has 1 unspecified atom stereocenters. The second-order valence-electron chi connectivity index (χ2n) is 5.58. The number of hydrogen-bond donors (Lipinski definition) is 0. The summed E-state index contributed by atoms with van der Waals surface area (Å²) in [6, 6.07) is 0. The third-order valence-corrected chi connectivity index (χ3v) is 3.07. The molecule has 0 rings (SSSR count). The Morgan fingerprint density at radius 3 is 2.00 bits per heavy atom. The van der Waals surface area contributed by atoms with Gasteiger partial charge >= 0.3 is 6.16 Å². The van der Waals surface area contributed by atoms with Crippen LogP contribution in [0, 0.1) is 11.8 Å². The molecular weight excluding hydrogens is 240 g/mol. The van der Waals surface area contributed by atoms with E-state index in [0.717, 1.165) is 19.3 Å². The van der Waals surface area contributed by atoms with E-state index < -0.39 is 6.16 Å². The SMILES string of the molecule is CC/C=C\CC(CC)OC(=O)OC(C(C)C)C(C)C. The van der Waals surface area contributed by atoms with E-state index in [1.165, 1.54) is 0 Å². The molecule has 0 aromatic rings. The van der Waals surface area contributed by atoms with Gasteiger partial charge in [0, 0.05) is 6.42 Å². The Balaban J connectivity index is 4.29. The summed E-state index contributed by atoms with van der Waals surface area (Å²) in [6.45, 7) is 12.3. The second-order valence-corrected chi connectivity index (χ2v) is 5.58. The van der Waals surface area contributed by atoms with Crippen molar-refractivity contribution in [3.05, 3.63) is 12.2 Å². The molecule has 19 heavy (non-hydrogen) atoms. The molecule has 112 valence electrons. The fraction of sp³-hybridized carbons (Fsp3) is 0.812. The highest BCUT2D eigenvalue weighted by Crippen LogP contribution is 2.18. The topological polar surface area (TPSA) is 35.5 Å². The zero-order valence-electron chi connectivity index (χ0n) is 13.3. The van der Waals surface area contributed by atoms with Crippen LogP contribution in [0.3, 0.4) is 0 Å². The van der Waals surface area contributed by atoms with Crippen LogP contribution in [0.5, 0.6) is 0 Å². The van der Waals surface area contributed by atoms with Crippen molar-refractivity contribution in [2.45, 2.75) is 73.0 Å². The van der Waals surface area contributed by atoms with Crippen LogP contribution >= 0.6 is 0 Å². The molecule has 0 aliphatic rings. The van der Waals surface area contributed by atoms with Gasteiger partial charge in [-0.15, -0.1) is 0 Å². The van der Waals surface area contributed by atoms with Crippen LogP contribution in [0.4, 0.5) is 4.79 Å². The molecule has 0 saturated carbocycles. The van der Waals surface area contributed by atoms with Gasteiger partial charge in [-0.1, -0.05) is 53.7 Å². The van der Waals surface area contributed by atoms with Crippen LogP contribution in [-0.4, -0.2) is 18.4 Å². The minimum absolute atomic E-state index is 0.0869. The summed E-state index contributed by atoms with van der Waals surface area (Å²) < 4.78 is 10.8. The van der Waals surface area contributed by atoms with Crippen LogP contribution in [0.1, 0.15) is 60.8 Å². The smallest absolute Gasteiger partial charge is 0.431 e. The van der Waals surface area contributed by atoms with Crippen molar-refractivity contribution < 1.29 is 14.3 Å². The van der Waals surface area contributed by atoms with Crippen molar-refractivity contribution >= 4 is 6.16 Å². The lowest BCUT2D eigenvalue weighted by Gasteiger charge is -2.25. The maximum Gasteiger partial charge on any atom is 0.508 e. The normalized spacial score (nSPS) is 13.5. The lowest BCUT2D eigenvalue weighted by Crippen LogP contribution is -2.30. The van der Waals surface area contributed by atoms with E-state index in [1.807, 2.05) is 6.92 Å². The zero-order valence-corrected chi connectivity index (χ0v) is 13.3. The van der Waals surface area contributed by atoms with Gasteiger partial charge in [-0.25, -0.2) is 4.79 Å². The predicted octanol–water partition coefficient (Wildman–Crippen LogP) is 4.96. The van der Waals surface area contributed by atoms with Gasteiger partial charge in [0.2, 0.25) is 0 Å². The summed E-state index contributed by atoms with van der Waals surface area (Å²) in [6.07, 6.45) is 6.00. The van der Waals surface area contributed by atoms with Gasteiger partial charge in [-0.05, 0) is 24.7 Å². The average Bonchev–Trinajstić information content (AvgIpc) is 2.34. The number of rotatable bonds is 8. The molecule has 0 bridgehead atoms. The molecule has 0 spiro atoms. The molecule has 0 aliphatic carbocycles. The predicted molar refractivity (Wildman–Crippen MR) is 79.2 cm³/mol. The number of allylic oxidation sites excluding steroid dienone is 1. The van der Waals surface area contributed by atoms with E-state index in [0.29, 0.717) is 11.8 Å². The molecule has 3 heteroatoms. The summed E-state index contributed by atoms with van der Waals surface area (Å²) in [5.41, 5.74) is 0. The minimum Gasteiger partial charge on any atom is -0.431 e. The average molecular weight is 270 g/mol. The molecular formula is C16H30O3. The van der Waals surface area contributed by atoms with Gasteiger partial charge < -0.3 is 9.47 Å². The number of ether oxygens (including phenoxy) is 2. The maximum absolute atomic E-state index is 11.8. The highest BCUT2D eigenvalue weighted by atomic mass is 16.7. The third-order valence-electron chi connectivity index (χ3n) is 3.07. The monoisotopic (exact) mass is 270 g/mol. The van der Waals surface area contributed by atoms with Crippen molar-refractivity contribution in [1.29, 1.82) is 0 Å². The first-order valence-electron chi connectivity index (χ1n) is 7.44. The van der Waals surface area contributed by atoms with Crippen molar-refractivity contribution in [2.75, 3.05) is 0 Å². The largest absolute Gasteiger partial charge is 0.508 e. The van der Waals surface area contributed by atoms with Gasteiger partial charge in [0.15, 0.2) is 0 Å². The Morgan fingerprint density at radius 1 is 1.00 bits per heavy atom. The van der Waals surface area contributed by atoms with E-state index in [2.05, 4.69) is 46.8 Å². The van der Waals surface area contributed by atoms with Crippen LogP contribution in [-0.2, 0) is 9.47 Å². The highest BCUT2D eigenvalue weighted by molar-refractivity contribution is 5.60. The van der Waals surface area contributed by atoms with Gasteiger partial charge in [0.1, 0.15) is 12.2 Å². The molecule has 1 atom stereocenters. The Kier molecular flexibility index (Phi) is 9.36. The quantitative estimate of drug-likeness (QED) is 0.462. The van der Waals surface area contributed by atoms with Crippen LogP contribution in [0.25, 0.3) is 0 Å². The summed E-state index contributed by atoms with van der Waals surface area (Å²) in [5, 5.41) is 0. The molecule has 0 amide bonds. The molecule has 0 aliphatic heterocycles. The minimum atomic E-state index is -0.538. The number of carbonyl (C=O) groups excluding carboxylic acids is 1. The van der Waals surface area contributed by atoms with E-state index in [1.54, 1.807) is 0 Å². The van der Waals surface area contributed by atoms with Crippen LogP contribution < -0.4 is 0 Å². The van der Waals surface area contributed by atoms with E-state index in [9.17, 15) is 4.79 Å². The Labute approximate surface area is 118 Å². The Hall–Kier alpha value is -0.990. The van der Waals surface area contributed by atoms with E-state index in [-0.39, 0.29) is 12.2 Å². The summed E-state index contributed by atoms with van der Waals surface area (Å²) >= 11 is 0. The first kappa shape index (κ1) is 18.0. The summed E-state index contributed by atoms with van der Waals surface area (Å²) in [7, 11) is 0. The maximum atomic E-state index is 11.8. The molecule has 0 radical (unpaired) electrons. The first-order valence-corrected chi connectivity index (χ1v) is 7.44. The van der Waals surface area contributed by atoms with Gasteiger partial charge in [0.05, 0.1) is 0 Å². The third kappa shape index (κ3) is 7.91. The first-order chi connectivity index (χ1) is 8.92. The fourth-order valence-electron chi connectivity index (χ4n) is 2.03. The molecule has 0 N–H and O–H groups in total. The molecule has 0 heterocycles. The molecule has 0 saturated heterocycles. The van der Waals surface area contributed by atoms with Gasteiger partial charge in [-0.2, -0.15) is 0 Å². The Morgan fingerprint density at radius 2 is 1.58 bits per heavy atom. The number of carbonyl (C=O) groups is 1. The lowest BCUT2D eigenvalue weighted by atomic mass is 9.96. The molecule has 0 aromatic heterocycles. The van der Waals surface area contributed by atoms with Crippen molar-refractivity contribution in [3.8, 4) is 0 Å². The van der Waals surface area contributed by atoms with Crippen LogP contribution in [0.2, 0.25) is 0 Å². The van der Waals surface area contributed by atoms with E-state index >= 15 is 0 Å². The van der Waals surface area contributed by atoms with Crippen LogP contribution in [0.15, 0.2) is 12.2 Å². The summed E-state index contributed by atoms with van der Waals surface area (Å²) in [4.78, 5) is 11.8. The summed E-state index contributed by atoms with van der Waals surface area (Å²) in [5.74, 6) is 0.597. The standard InChI is InChI=1S/C16H30O3/c1-7-9-10-11-14(8-2)18-16(17)19-15(12(3)4)13(5)6/h9-10,12-15H,7-8,11H2,1-6H3/b10-9-. The molecule has 0 aromatic carbocycles. The van der Waals surface area contributed by atoms with E-state index in [4.69, 9.17) is 9.47 Å².